The number of amides is 1. The van der Waals surface area contributed by atoms with E-state index in [-0.39, 0.29) is 28.9 Å². The van der Waals surface area contributed by atoms with Crippen LogP contribution in [0.1, 0.15) is 28.2 Å². The minimum absolute atomic E-state index is 0.00857. The molecular formula is C22H23ClFN5O4S. The molecule has 3 aromatic rings. The van der Waals surface area contributed by atoms with E-state index in [1.165, 1.54) is 36.7 Å². The van der Waals surface area contributed by atoms with Gasteiger partial charge in [-0.1, -0.05) is 11.6 Å². The lowest BCUT2D eigenvalue weighted by Crippen LogP contribution is -2.19. The number of hydrogen-bond acceptors (Lipinski definition) is 6. The number of aromatic nitrogens is 2. The molecule has 12 heteroatoms. The van der Waals surface area contributed by atoms with Gasteiger partial charge in [-0.25, -0.2) is 12.8 Å². The van der Waals surface area contributed by atoms with Gasteiger partial charge in [0, 0.05) is 41.6 Å². The summed E-state index contributed by atoms with van der Waals surface area (Å²) in [5, 5.41) is 6.10. The summed E-state index contributed by atoms with van der Waals surface area (Å²) in [6.07, 6.45) is 5.03. The van der Waals surface area contributed by atoms with E-state index in [9.17, 15) is 17.6 Å². The first-order valence-corrected chi connectivity index (χ1v) is 12.7. The number of nitrogens with one attached hydrogen (secondary N) is 4. The number of carbonyl (C=O) groups excluding carboxylic acids is 1. The van der Waals surface area contributed by atoms with Crippen LogP contribution in [-0.2, 0) is 16.4 Å². The number of sulfonamides is 1. The highest BCUT2D eigenvalue weighted by Crippen LogP contribution is 2.24. The maximum absolute atomic E-state index is 14.5. The second kappa shape index (κ2) is 10.00. The van der Waals surface area contributed by atoms with Crippen molar-refractivity contribution in [3.8, 4) is 5.75 Å². The molecule has 180 valence electrons. The molecule has 9 nitrogen and oxygen atoms in total. The number of nitrogens with zero attached hydrogens (tertiary/aromatic N) is 1. The Morgan fingerprint density at radius 1 is 1.26 bits per heavy atom. The fraction of sp³-hybridized carbons (Fsp3) is 0.273. The third-order valence-electron chi connectivity index (χ3n) is 5.03. The quantitative estimate of drug-likeness (QED) is 0.371. The van der Waals surface area contributed by atoms with Crippen LogP contribution >= 0.6 is 11.6 Å². The summed E-state index contributed by atoms with van der Waals surface area (Å²) >= 11 is 6.03. The third-order valence-corrected chi connectivity index (χ3v) is 5.86. The molecule has 0 saturated carbocycles. The molecule has 2 aromatic heterocycles. The lowest BCUT2D eigenvalue weighted by Gasteiger charge is -2.12. The number of hydrogen-bond donors (Lipinski definition) is 4. The number of carbonyl (C=O) groups is 1. The minimum Gasteiger partial charge on any atom is -0.487 e. The van der Waals surface area contributed by atoms with E-state index in [0.717, 1.165) is 25.8 Å². The molecular weight excluding hydrogens is 485 g/mol. The van der Waals surface area contributed by atoms with Crippen LogP contribution in [0, 0.1) is 5.82 Å². The average Bonchev–Trinajstić information content (AvgIpc) is 3.40. The highest BCUT2D eigenvalue weighted by atomic mass is 35.5. The monoisotopic (exact) mass is 507 g/mol. The van der Waals surface area contributed by atoms with Crippen LogP contribution in [0.2, 0.25) is 5.02 Å². The summed E-state index contributed by atoms with van der Waals surface area (Å²) in [6.45, 7) is 1.60. The molecule has 1 aliphatic heterocycles. The van der Waals surface area contributed by atoms with Crippen LogP contribution in [0.15, 0.2) is 42.7 Å². The zero-order chi connectivity index (χ0) is 24.3. The minimum atomic E-state index is -3.50. The molecule has 0 spiro atoms. The van der Waals surface area contributed by atoms with E-state index in [0.29, 0.717) is 22.7 Å². The summed E-state index contributed by atoms with van der Waals surface area (Å²) in [5.74, 6) is -0.556. The van der Waals surface area contributed by atoms with Crippen LogP contribution in [0.3, 0.4) is 0 Å². The first-order chi connectivity index (χ1) is 16.1. The zero-order valence-corrected chi connectivity index (χ0v) is 19.8. The highest BCUT2D eigenvalue weighted by molar-refractivity contribution is 7.92. The van der Waals surface area contributed by atoms with Crippen molar-refractivity contribution in [1.29, 1.82) is 0 Å². The standard InChI is InChI=1S/C22H23ClFN5O4S/c1-34(31,32)29-17-6-14(23)5-16(7-17)28-22(30)13-4-15(26-10-13)8-21-20(24)9-19(12-27-21)33-18-2-3-25-11-18/h4-7,9-10,12,18,25-26,29H,2-3,8,11H2,1H3,(H,28,30)/t18-/m0/s1. The molecule has 0 bridgehead atoms. The molecule has 0 radical (unpaired) electrons. The second-order valence-corrected chi connectivity index (χ2v) is 10.2. The predicted molar refractivity (Wildman–Crippen MR) is 128 cm³/mol. The van der Waals surface area contributed by atoms with Crippen molar-refractivity contribution in [1.82, 2.24) is 15.3 Å². The normalized spacial score (nSPS) is 15.8. The predicted octanol–water partition coefficient (Wildman–Crippen LogP) is 3.16. The Morgan fingerprint density at radius 3 is 2.76 bits per heavy atom. The zero-order valence-electron chi connectivity index (χ0n) is 18.2. The van der Waals surface area contributed by atoms with Gasteiger partial charge in [0.1, 0.15) is 17.7 Å². The number of ether oxygens (including phenoxy) is 1. The van der Waals surface area contributed by atoms with E-state index in [2.05, 4.69) is 25.3 Å². The Bertz CT molecular complexity index is 1310. The van der Waals surface area contributed by atoms with Gasteiger partial charge >= 0.3 is 0 Å². The van der Waals surface area contributed by atoms with Gasteiger partial charge < -0.3 is 20.4 Å². The molecule has 1 atom stereocenters. The van der Waals surface area contributed by atoms with Crippen LogP contribution in [0.4, 0.5) is 15.8 Å². The summed E-state index contributed by atoms with van der Waals surface area (Å²) in [7, 11) is -3.50. The van der Waals surface area contributed by atoms with Gasteiger partial charge in [-0.15, -0.1) is 0 Å². The van der Waals surface area contributed by atoms with Crippen molar-refractivity contribution in [2.24, 2.45) is 0 Å². The molecule has 1 aliphatic rings. The Kier molecular flexibility index (Phi) is 7.05. The Balaban J connectivity index is 1.41. The van der Waals surface area contributed by atoms with Gasteiger partial charge in [0.2, 0.25) is 10.0 Å². The molecule has 0 aliphatic carbocycles. The maximum atomic E-state index is 14.5. The fourth-order valence-electron chi connectivity index (χ4n) is 3.56. The molecule has 1 amide bonds. The van der Waals surface area contributed by atoms with Crippen LogP contribution in [-0.4, -0.2) is 49.7 Å². The summed E-state index contributed by atoms with van der Waals surface area (Å²) in [5.41, 5.74) is 1.65. The molecule has 0 unspecified atom stereocenters. The SMILES string of the molecule is CS(=O)(=O)Nc1cc(Cl)cc(NC(=O)c2c[nH]c(Cc3ncc(O[C@H]4CCNC4)cc3F)c2)c1. The van der Waals surface area contributed by atoms with E-state index in [1.807, 2.05) is 0 Å². The van der Waals surface area contributed by atoms with Gasteiger partial charge in [0.05, 0.1) is 29.4 Å². The van der Waals surface area contributed by atoms with Crippen molar-refractivity contribution in [2.75, 3.05) is 29.4 Å². The molecule has 1 saturated heterocycles. The topological polar surface area (TPSA) is 125 Å². The first kappa shape index (κ1) is 24.0. The summed E-state index contributed by atoms with van der Waals surface area (Å²) in [6, 6.07) is 7.27. The lowest BCUT2D eigenvalue weighted by molar-refractivity contribution is 0.102. The Labute approximate surface area is 201 Å². The second-order valence-electron chi connectivity index (χ2n) is 7.98. The fourth-order valence-corrected chi connectivity index (χ4v) is 4.34. The van der Waals surface area contributed by atoms with E-state index in [1.54, 1.807) is 6.07 Å². The van der Waals surface area contributed by atoms with Crippen molar-refractivity contribution in [3.63, 3.8) is 0 Å². The summed E-state index contributed by atoms with van der Waals surface area (Å²) < 4.78 is 45.5. The number of H-pyrrole nitrogens is 1. The van der Waals surface area contributed by atoms with Gasteiger partial charge in [-0.05, 0) is 37.2 Å². The summed E-state index contributed by atoms with van der Waals surface area (Å²) in [4.78, 5) is 19.8. The van der Waals surface area contributed by atoms with Crippen molar-refractivity contribution in [2.45, 2.75) is 18.9 Å². The highest BCUT2D eigenvalue weighted by Gasteiger charge is 2.18. The largest absolute Gasteiger partial charge is 0.487 e. The Morgan fingerprint density at radius 2 is 2.06 bits per heavy atom. The van der Waals surface area contributed by atoms with E-state index >= 15 is 0 Å². The van der Waals surface area contributed by atoms with Gasteiger partial charge in [-0.2, -0.15) is 0 Å². The van der Waals surface area contributed by atoms with Gasteiger partial charge in [0.15, 0.2) is 0 Å². The molecule has 1 fully saturated rings. The van der Waals surface area contributed by atoms with Crippen LogP contribution in [0.25, 0.3) is 0 Å². The molecule has 4 N–H and O–H groups in total. The van der Waals surface area contributed by atoms with Crippen molar-refractivity contribution < 1.29 is 22.3 Å². The molecule has 4 rings (SSSR count). The van der Waals surface area contributed by atoms with Gasteiger partial charge in [-0.3, -0.25) is 14.5 Å². The average molecular weight is 508 g/mol. The maximum Gasteiger partial charge on any atom is 0.257 e. The number of benzene rings is 1. The smallest absolute Gasteiger partial charge is 0.257 e. The first-order valence-electron chi connectivity index (χ1n) is 10.4. The van der Waals surface area contributed by atoms with Gasteiger partial charge in [0.25, 0.3) is 5.91 Å². The molecule has 34 heavy (non-hydrogen) atoms. The molecule has 3 heterocycles. The van der Waals surface area contributed by atoms with Crippen LogP contribution < -0.4 is 20.1 Å². The van der Waals surface area contributed by atoms with Crippen molar-refractivity contribution >= 4 is 38.9 Å². The molecule has 1 aromatic carbocycles. The van der Waals surface area contributed by atoms with Crippen LogP contribution in [0.5, 0.6) is 5.75 Å². The number of rotatable bonds is 8. The van der Waals surface area contributed by atoms with E-state index in [4.69, 9.17) is 16.3 Å². The number of pyridine rings is 1. The van der Waals surface area contributed by atoms with Crippen molar-refractivity contribution in [3.05, 3.63) is 70.5 Å². The number of anilines is 2. The third kappa shape index (κ3) is 6.46. The van der Waals surface area contributed by atoms with E-state index < -0.39 is 21.7 Å². The lowest BCUT2D eigenvalue weighted by atomic mass is 10.2. The number of aromatic amines is 1. The Hall–Kier alpha value is -3.15. The number of halogens is 2.